The number of anilines is 1. The van der Waals surface area contributed by atoms with Gasteiger partial charge in [-0.25, -0.2) is 0 Å². The van der Waals surface area contributed by atoms with E-state index in [0.29, 0.717) is 0 Å². The van der Waals surface area contributed by atoms with Gasteiger partial charge in [-0.15, -0.1) is 0 Å². The fourth-order valence-electron chi connectivity index (χ4n) is 1.78. The van der Waals surface area contributed by atoms with E-state index in [0.717, 1.165) is 12.2 Å². The first kappa shape index (κ1) is 10.7. The quantitative estimate of drug-likeness (QED) is 0.853. The number of rotatable bonds is 3. The van der Waals surface area contributed by atoms with Crippen LogP contribution in [0.3, 0.4) is 0 Å². The molecule has 0 atom stereocenters. The zero-order valence-electron chi connectivity index (χ0n) is 9.99. The summed E-state index contributed by atoms with van der Waals surface area (Å²) in [6.45, 7) is 4.97. The van der Waals surface area contributed by atoms with Crippen molar-refractivity contribution in [3.63, 3.8) is 0 Å². The zero-order chi connectivity index (χ0) is 11.5. The maximum absolute atomic E-state index is 4.32. The van der Waals surface area contributed by atoms with Crippen molar-refractivity contribution in [3.8, 4) is 0 Å². The first-order valence-corrected chi connectivity index (χ1v) is 5.45. The van der Waals surface area contributed by atoms with Crippen molar-refractivity contribution < 1.29 is 0 Å². The molecule has 0 radical (unpaired) electrons. The zero-order valence-corrected chi connectivity index (χ0v) is 9.99. The number of benzene rings is 1. The lowest BCUT2D eigenvalue weighted by Gasteiger charge is -2.08. The normalized spacial score (nSPS) is 10.4. The fourth-order valence-corrected chi connectivity index (χ4v) is 1.78. The summed E-state index contributed by atoms with van der Waals surface area (Å²) in [5.41, 5.74) is 4.78. The molecule has 0 unspecified atom stereocenters. The minimum Gasteiger partial charge on any atom is -0.381 e. The van der Waals surface area contributed by atoms with Gasteiger partial charge in [-0.05, 0) is 25.5 Å². The second-order valence-electron chi connectivity index (χ2n) is 4.08. The number of hydrogen-bond donors (Lipinski definition) is 1. The minimum absolute atomic E-state index is 0.824. The van der Waals surface area contributed by atoms with Gasteiger partial charge in [0.15, 0.2) is 0 Å². The van der Waals surface area contributed by atoms with Crippen LogP contribution in [0.1, 0.15) is 16.8 Å². The molecule has 2 aromatic rings. The molecule has 1 aromatic carbocycles. The molecular formula is C13H17N3. The second-order valence-corrected chi connectivity index (χ2v) is 4.08. The number of para-hydroxylation sites is 1. The van der Waals surface area contributed by atoms with Gasteiger partial charge in [-0.3, -0.25) is 4.68 Å². The molecule has 1 heterocycles. The third-order valence-corrected chi connectivity index (χ3v) is 2.73. The van der Waals surface area contributed by atoms with Crippen molar-refractivity contribution in [3.05, 3.63) is 47.3 Å². The third kappa shape index (κ3) is 2.24. The molecule has 0 bridgehead atoms. The van der Waals surface area contributed by atoms with E-state index in [-0.39, 0.29) is 0 Å². The van der Waals surface area contributed by atoms with Gasteiger partial charge in [-0.2, -0.15) is 5.10 Å². The van der Waals surface area contributed by atoms with Crippen LogP contribution in [0.15, 0.2) is 30.5 Å². The highest BCUT2D eigenvalue weighted by Gasteiger charge is 2.03. The van der Waals surface area contributed by atoms with Gasteiger partial charge in [-0.1, -0.05) is 18.2 Å². The van der Waals surface area contributed by atoms with E-state index in [1.54, 1.807) is 0 Å². The molecule has 0 aliphatic carbocycles. The van der Waals surface area contributed by atoms with Gasteiger partial charge in [0.25, 0.3) is 0 Å². The molecular weight excluding hydrogens is 198 g/mol. The van der Waals surface area contributed by atoms with Crippen LogP contribution in [-0.2, 0) is 13.6 Å². The molecule has 84 valence electrons. The first-order valence-electron chi connectivity index (χ1n) is 5.45. The average molecular weight is 215 g/mol. The van der Waals surface area contributed by atoms with Gasteiger partial charge in [0, 0.05) is 31.0 Å². The Morgan fingerprint density at radius 3 is 2.62 bits per heavy atom. The molecule has 0 aliphatic heterocycles. The molecule has 3 heteroatoms. The Kier molecular flexibility index (Phi) is 2.95. The number of aromatic nitrogens is 2. The summed E-state index contributed by atoms with van der Waals surface area (Å²) in [5.74, 6) is 0. The lowest BCUT2D eigenvalue weighted by molar-refractivity contribution is 0.756. The monoisotopic (exact) mass is 215 g/mol. The van der Waals surface area contributed by atoms with Crippen LogP contribution in [0, 0.1) is 13.8 Å². The molecule has 0 saturated carbocycles. The fraction of sp³-hybridized carbons (Fsp3) is 0.308. The van der Waals surface area contributed by atoms with E-state index < -0.39 is 0 Å². The summed E-state index contributed by atoms with van der Waals surface area (Å²) < 4.78 is 1.85. The summed E-state index contributed by atoms with van der Waals surface area (Å²) in [7, 11) is 1.95. The predicted octanol–water partition coefficient (Wildman–Crippen LogP) is 2.65. The van der Waals surface area contributed by atoms with Crippen LogP contribution in [-0.4, -0.2) is 9.78 Å². The summed E-state index contributed by atoms with van der Waals surface area (Å²) in [6, 6.07) is 8.31. The SMILES string of the molecule is Cc1ccccc1NCc1cn(C)nc1C. The van der Waals surface area contributed by atoms with Gasteiger partial charge >= 0.3 is 0 Å². The summed E-state index contributed by atoms with van der Waals surface area (Å²) >= 11 is 0. The van der Waals surface area contributed by atoms with Crippen LogP contribution < -0.4 is 5.32 Å². The van der Waals surface area contributed by atoms with E-state index >= 15 is 0 Å². The highest BCUT2D eigenvalue weighted by atomic mass is 15.2. The van der Waals surface area contributed by atoms with Gasteiger partial charge in [0.2, 0.25) is 0 Å². The minimum atomic E-state index is 0.824. The van der Waals surface area contributed by atoms with E-state index in [2.05, 4.69) is 41.7 Å². The van der Waals surface area contributed by atoms with Crippen molar-refractivity contribution in [1.29, 1.82) is 0 Å². The topological polar surface area (TPSA) is 29.9 Å². The smallest absolute Gasteiger partial charge is 0.0643 e. The Morgan fingerprint density at radius 1 is 1.25 bits per heavy atom. The molecule has 1 N–H and O–H groups in total. The maximum Gasteiger partial charge on any atom is 0.0643 e. The second kappa shape index (κ2) is 4.39. The molecule has 16 heavy (non-hydrogen) atoms. The molecule has 3 nitrogen and oxygen atoms in total. The Hall–Kier alpha value is -1.77. The van der Waals surface area contributed by atoms with Crippen molar-refractivity contribution in [2.45, 2.75) is 20.4 Å². The third-order valence-electron chi connectivity index (χ3n) is 2.73. The van der Waals surface area contributed by atoms with E-state index in [4.69, 9.17) is 0 Å². The van der Waals surface area contributed by atoms with E-state index in [1.807, 2.05) is 24.7 Å². The van der Waals surface area contributed by atoms with Crippen LogP contribution in [0.4, 0.5) is 5.69 Å². The average Bonchev–Trinajstić information content (AvgIpc) is 2.56. The van der Waals surface area contributed by atoms with Crippen molar-refractivity contribution in [2.75, 3.05) is 5.32 Å². The van der Waals surface area contributed by atoms with Crippen LogP contribution in [0.5, 0.6) is 0 Å². The Labute approximate surface area is 96.1 Å². The molecule has 0 saturated heterocycles. The largest absolute Gasteiger partial charge is 0.381 e. The standard InChI is InChI=1S/C13H17N3/c1-10-6-4-5-7-13(10)14-8-12-9-16(3)15-11(12)2/h4-7,9,14H,8H2,1-3H3. The summed E-state index contributed by atoms with van der Waals surface area (Å²) in [6.07, 6.45) is 2.06. The molecule has 0 spiro atoms. The van der Waals surface area contributed by atoms with Crippen LogP contribution in [0.25, 0.3) is 0 Å². The lowest BCUT2D eigenvalue weighted by Crippen LogP contribution is -2.01. The molecule has 1 aromatic heterocycles. The molecule has 0 aliphatic rings. The number of aryl methyl sites for hydroxylation is 3. The molecule has 2 rings (SSSR count). The highest BCUT2D eigenvalue weighted by molar-refractivity contribution is 5.50. The molecule has 0 amide bonds. The Morgan fingerprint density at radius 2 is 2.00 bits per heavy atom. The highest BCUT2D eigenvalue weighted by Crippen LogP contribution is 2.15. The van der Waals surface area contributed by atoms with Gasteiger partial charge in [0.05, 0.1) is 5.69 Å². The Balaban J connectivity index is 2.08. The van der Waals surface area contributed by atoms with Crippen LogP contribution in [0.2, 0.25) is 0 Å². The van der Waals surface area contributed by atoms with Crippen molar-refractivity contribution in [1.82, 2.24) is 9.78 Å². The van der Waals surface area contributed by atoms with E-state index in [1.165, 1.54) is 16.8 Å². The van der Waals surface area contributed by atoms with Gasteiger partial charge in [0.1, 0.15) is 0 Å². The lowest BCUT2D eigenvalue weighted by atomic mass is 10.2. The maximum atomic E-state index is 4.32. The number of hydrogen-bond acceptors (Lipinski definition) is 2. The summed E-state index contributed by atoms with van der Waals surface area (Å²) in [4.78, 5) is 0. The van der Waals surface area contributed by atoms with E-state index in [9.17, 15) is 0 Å². The van der Waals surface area contributed by atoms with Crippen molar-refractivity contribution in [2.24, 2.45) is 7.05 Å². The molecule has 0 fully saturated rings. The van der Waals surface area contributed by atoms with Crippen LogP contribution >= 0.6 is 0 Å². The van der Waals surface area contributed by atoms with Crippen molar-refractivity contribution >= 4 is 5.69 Å². The van der Waals surface area contributed by atoms with Gasteiger partial charge < -0.3 is 5.32 Å². The summed E-state index contributed by atoms with van der Waals surface area (Å²) in [5, 5.41) is 7.75. The predicted molar refractivity (Wildman–Crippen MR) is 66.5 cm³/mol. The first-order chi connectivity index (χ1) is 7.66. The number of nitrogens with one attached hydrogen (secondary N) is 1. The Bertz CT molecular complexity index is 486. The number of nitrogens with zero attached hydrogens (tertiary/aromatic N) is 2.